The third kappa shape index (κ3) is 4.10. The SMILES string of the molecule is COC(=O)C(C)C(O)[C@@H]1CCCN1C(=O)OC(C)(C)C. The van der Waals surface area contributed by atoms with Crippen LogP contribution in [0.3, 0.4) is 0 Å². The van der Waals surface area contributed by atoms with E-state index in [1.807, 2.05) is 0 Å². The molecule has 1 saturated heterocycles. The molecular weight excluding hydrogens is 262 g/mol. The van der Waals surface area contributed by atoms with Crippen LogP contribution in [0.5, 0.6) is 0 Å². The Hall–Kier alpha value is -1.30. The lowest BCUT2D eigenvalue weighted by Crippen LogP contribution is -2.48. The molecule has 2 unspecified atom stereocenters. The Morgan fingerprint density at radius 1 is 1.35 bits per heavy atom. The lowest BCUT2D eigenvalue weighted by molar-refractivity contribution is -0.150. The fourth-order valence-corrected chi connectivity index (χ4v) is 2.35. The maximum absolute atomic E-state index is 12.1. The molecule has 1 aliphatic rings. The van der Waals surface area contributed by atoms with Crippen LogP contribution < -0.4 is 0 Å². The van der Waals surface area contributed by atoms with E-state index in [-0.39, 0.29) is 0 Å². The zero-order valence-corrected chi connectivity index (χ0v) is 12.9. The van der Waals surface area contributed by atoms with Gasteiger partial charge in [0.05, 0.1) is 25.2 Å². The van der Waals surface area contributed by atoms with Crippen LogP contribution in [-0.2, 0) is 14.3 Å². The van der Waals surface area contributed by atoms with Crippen molar-refractivity contribution in [1.29, 1.82) is 0 Å². The molecule has 1 N–H and O–H groups in total. The number of hydrogen-bond donors (Lipinski definition) is 1. The minimum absolute atomic E-state index is 0.404. The van der Waals surface area contributed by atoms with Crippen LogP contribution >= 0.6 is 0 Å². The maximum Gasteiger partial charge on any atom is 0.410 e. The summed E-state index contributed by atoms with van der Waals surface area (Å²) in [7, 11) is 1.28. The summed E-state index contributed by atoms with van der Waals surface area (Å²) in [4.78, 5) is 25.1. The average molecular weight is 287 g/mol. The van der Waals surface area contributed by atoms with Crippen LogP contribution in [0.1, 0.15) is 40.5 Å². The van der Waals surface area contributed by atoms with Crippen LogP contribution in [-0.4, -0.2) is 53.5 Å². The lowest BCUT2D eigenvalue weighted by Gasteiger charge is -2.32. The van der Waals surface area contributed by atoms with Crippen molar-refractivity contribution in [1.82, 2.24) is 4.90 Å². The predicted octanol–water partition coefficient (Wildman–Crippen LogP) is 1.56. The van der Waals surface area contributed by atoms with Crippen molar-refractivity contribution in [3.05, 3.63) is 0 Å². The van der Waals surface area contributed by atoms with Gasteiger partial charge in [-0.15, -0.1) is 0 Å². The van der Waals surface area contributed by atoms with E-state index in [2.05, 4.69) is 4.74 Å². The Bertz CT molecular complexity index is 363. The highest BCUT2D eigenvalue weighted by atomic mass is 16.6. The van der Waals surface area contributed by atoms with Crippen molar-refractivity contribution in [2.75, 3.05) is 13.7 Å². The summed E-state index contributed by atoms with van der Waals surface area (Å²) in [5, 5.41) is 10.3. The number of esters is 1. The van der Waals surface area contributed by atoms with Gasteiger partial charge in [0.15, 0.2) is 0 Å². The molecule has 0 bridgehead atoms. The number of hydrogen-bond acceptors (Lipinski definition) is 5. The van der Waals surface area contributed by atoms with Gasteiger partial charge >= 0.3 is 12.1 Å². The van der Waals surface area contributed by atoms with Gasteiger partial charge in [-0.3, -0.25) is 4.79 Å². The smallest absolute Gasteiger partial charge is 0.410 e. The minimum Gasteiger partial charge on any atom is -0.469 e. The highest BCUT2D eigenvalue weighted by Crippen LogP contribution is 2.26. The largest absolute Gasteiger partial charge is 0.469 e. The Labute approximate surface area is 120 Å². The number of ether oxygens (including phenoxy) is 2. The van der Waals surface area contributed by atoms with Gasteiger partial charge in [-0.25, -0.2) is 4.79 Å². The number of likely N-dealkylation sites (tertiary alicyclic amines) is 1. The zero-order valence-electron chi connectivity index (χ0n) is 12.9. The molecule has 6 nitrogen and oxygen atoms in total. The summed E-state index contributed by atoms with van der Waals surface area (Å²) in [6.45, 7) is 7.52. The fourth-order valence-electron chi connectivity index (χ4n) is 2.35. The van der Waals surface area contributed by atoms with Crippen LogP contribution in [0.2, 0.25) is 0 Å². The molecule has 0 aliphatic carbocycles. The zero-order chi connectivity index (χ0) is 15.5. The van der Waals surface area contributed by atoms with E-state index < -0.39 is 35.7 Å². The first-order chi connectivity index (χ1) is 9.17. The lowest BCUT2D eigenvalue weighted by atomic mass is 9.96. The van der Waals surface area contributed by atoms with Gasteiger partial charge in [0, 0.05) is 6.54 Å². The van der Waals surface area contributed by atoms with Crippen LogP contribution in [0.25, 0.3) is 0 Å². The number of methoxy groups -OCH3 is 1. The first-order valence-corrected chi connectivity index (χ1v) is 6.93. The Morgan fingerprint density at radius 3 is 2.45 bits per heavy atom. The summed E-state index contributed by atoms with van der Waals surface area (Å²) < 4.78 is 9.96. The van der Waals surface area contributed by atoms with E-state index in [1.54, 1.807) is 27.7 Å². The Morgan fingerprint density at radius 2 is 1.95 bits per heavy atom. The first-order valence-electron chi connectivity index (χ1n) is 6.93. The van der Waals surface area contributed by atoms with Gasteiger partial charge in [-0.2, -0.15) is 0 Å². The molecule has 1 aliphatic heterocycles. The number of carbonyl (C=O) groups is 2. The van der Waals surface area contributed by atoms with Crippen molar-refractivity contribution in [3.8, 4) is 0 Å². The van der Waals surface area contributed by atoms with E-state index in [1.165, 1.54) is 12.0 Å². The second-order valence-electron chi connectivity index (χ2n) is 6.19. The number of amides is 1. The van der Waals surface area contributed by atoms with E-state index >= 15 is 0 Å². The Balaban J connectivity index is 2.74. The number of aliphatic hydroxyl groups is 1. The van der Waals surface area contributed by atoms with Crippen molar-refractivity contribution in [2.45, 2.75) is 58.3 Å². The van der Waals surface area contributed by atoms with E-state index in [9.17, 15) is 14.7 Å². The predicted molar refractivity (Wildman–Crippen MR) is 73.1 cm³/mol. The number of rotatable bonds is 3. The summed E-state index contributed by atoms with van der Waals surface area (Å²) in [6.07, 6.45) is 0.0462. The van der Waals surface area contributed by atoms with Gasteiger partial charge < -0.3 is 19.5 Å². The molecule has 0 aromatic rings. The standard InChI is InChI=1S/C14H25NO5/c1-9(12(17)19-5)11(16)10-7-6-8-15(10)13(18)20-14(2,3)4/h9-11,16H,6-8H2,1-5H3/t9?,10-,11?/m0/s1. The molecule has 6 heteroatoms. The number of carbonyl (C=O) groups excluding carboxylic acids is 2. The molecule has 1 amide bonds. The van der Waals surface area contributed by atoms with Gasteiger partial charge in [0.1, 0.15) is 5.60 Å². The quantitative estimate of drug-likeness (QED) is 0.797. The van der Waals surface area contributed by atoms with E-state index in [0.717, 1.165) is 6.42 Å². The molecule has 0 aromatic heterocycles. The molecule has 0 spiro atoms. The fraction of sp³-hybridized carbons (Fsp3) is 0.857. The molecule has 0 saturated carbocycles. The monoisotopic (exact) mass is 287 g/mol. The first kappa shape index (κ1) is 16.8. The average Bonchev–Trinajstić information content (AvgIpc) is 2.83. The molecule has 20 heavy (non-hydrogen) atoms. The van der Waals surface area contributed by atoms with Crippen molar-refractivity contribution >= 4 is 12.1 Å². The van der Waals surface area contributed by atoms with Crippen LogP contribution in [0.15, 0.2) is 0 Å². The third-order valence-electron chi connectivity index (χ3n) is 3.41. The highest BCUT2D eigenvalue weighted by molar-refractivity contribution is 5.73. The summed E-state index contributed by atoms with van der Waals surface area (Å²) in [6, 6.07) is -0.404. The molecule has 116 valence electrons. The maximum atomic E-state index is 12.1. The summed E-state index contributed by atoms with van der Waals surface area (Å²) in [5.41, 5.74) is -0.580. The minimum atomic E-state index is -0.947. The molecule has 0 aromatic carbocycles. The Kier molecular flexibility index (Phi) is 5.39. The van der Waals surface area contributed by atoms with Gasteiger partial charge in [-0.1, -0.05) is 0 Å². The van der Waals surface area contributed by atoms with Crippen molar-refractivity contribution in [3.63, 3.8) is 0 Å². The summed E-state index contributed by atoms with van der Waals surface area (Å²) in [5.74, 6) is -1.15. The van der Waals surface area contributed by atoms with Crippen molar-refractivity contribution < 1.29 is 24.2 Å². The van der Waals surface area contributed by atoms with E-state index in [4.69, 9.17) is 4.74 Å². The van der Waals surface area contributed by atoms with E-state index in [0.29, 0.717) is 13.0 Å². The van der Waals surface area contributed by atoms with Crippen molar-refractivity contribution in [2.24, 2.45) is 5.92 Å². The normalized spacial score (nSPS) is 22.3. The number of nitrogens with zero attached hydrogens (tertiary/aromatic N) is 1. The second kappa shape index (κ2) is 6.43. The molecule has 1 fully saturated rings. The third-order valence-corrected chi connectivity index (χ3v) is 3.41. The molecule has 1 rings (SSSR count). The number of aliphatic hydroxyl groups excluding tert-OH is 1. The van der Waals surface area contributed by atoms with Gasteiger partial charge in [0.25, 0.3) is 0 Å². The second-order valence-corrected chi connectivity index (χ2v) is 6.19. The van der Waals surface area contributed by atoms with Crippen LogP contribution in [0.4, 0.5) is 4.79 Å². The molecule has 0 radical (unpaired) electrons. The molecule has 1 heterocycles. The summed E-state index contributed by atoms with van der Waals surface area (Å²) >= 11 is 0. The van der Waals surface area contributed by atoms with Gasteiger partial charge in [0.2, 0.25) is 0 Å². The molecule has 3 atom stereocenters. The topological polar surface area (TPSA) is 76.1 Å². The molecular formula is C14H25NO5. The van der Waals surface area contributed by atoms with Gasteiger partial charge in [-0.05, 0) is 40.5 Å². The van der Waals surface area contributed by atoms with Crippen LogP contribution in [0, 0.1) is 5.92 Å². The highest BCUT2D eigenvalue weighted by Gasteiger charge is 2.40.